The minimum absolute atomic E-state index is 0.00506. The van der Waals surface area contributed by atoms with Crippen molar-refractivity contribution in [3.63, 3.8) is 0 Å². The molecule has 0 bridgehead atoms. The lowest BCUT2D eigenvalue weighted by molar-refractivity contribution is -0.120. The predicted molar refractivity (Wildman–Crippen MR) is 99.0 cm³/mol. The van der Waals surface area contributed by atoms with Gasteiger partial charge in [-0.2, -0.15) is 0 Å². The molecule has 2 rings (SSSR count). The summed E-state index contributed by atoms with van der Waals surface area (Å²) in [7, 11) is 3.55. The molecule has 0 radical (unpaired) electrons. The Morgan fingerprint density at radius 3 is 2.20 bits per heavy atom. The Hall–Kier alpha value is -2.66. The highest BCUT2D eigenvalue weighted by Crippen LogP contribution is 2.15. The summed E-state index contributed by atoms with van der Waals surface area (Å²) in [6, 6.07) is 14.4. The number of Topliss-reactive ketones (excluding diaryl/α,β-unsaturated/α-hetero) is 1. The van der Waals surface area contributed by atoms with E-state index in [4.69, 9.17) is 4.74 Å². The van der Waals surface area contributed by atoms with Gasteiger partial charge in [-0.3, -0.25) is 14.5 Å². The average molecular weight is 340 g/mol. The molecule has 0 spiro atoms. The molecule has 0 fully saturated rings. The second-order valence-corrected chi connectivity index (χ2v) is 6.06. The van der Waals surface area contributed by atoms with Crippen molar-refractivity contribution in [2.75, 3.05) is 19.5 Å². The monoisotopic (exact) mass is 340 g/mol. The number of amides is 1. The van der Waals surface area contributed by atoms with Gasteiger partial charge >= 0.3 is 0 Å². The van der Waals surface area contributed by atoms with E-state index in [1.54, 1.807) is 31.4 Å². The van der Waals surface area contributed by atoms with Crippen LogP contribution >= 0.6 is 0 Å². The van der Waals surface area contributed by atoms with E-state index in [2.05, 4.69) is 5.32 Å². The van der Waals surface area contributed by atoms with Crippen LogP contribution in [0.5, 0.6) is 5.75 Å². The summed E-state index contributed by atoms with van der Waals surface area (Å²) in [6.45, 7) is 4.04. The molecule has 0 aliphatic heterocycles. The van der Waals surface area contributed by atoms with E-state index in [9.17, 15) is 9.59 Å². The standard InChI is InChI=1S/C20H24N2O3/c1-14(22(3)13-16-5-11-19(25-4)12-6-16)20(24)21-18-9-7-17(8-10-18)15(2)23/h5-12,14H,13H2,1-4H3,(H,21,24)/t14-/m1/s1. The molecule has 25 heavy (non-hydrogen) atoms. The van der Waals surface area contributed by atoms with Gasteiger partial charge < -0.3 is 10.1 Å². The van der Waals surface area contributed by atoms with Gasteiger partial charge in [0, 0.05) is 17.8 Å². The van der Waals surface area contributed by atoms with Gasteiger partial charge in [-0.15, -0.1) is 0 Å². The number of anilines is 1. The Bertz CT molecular complexity index is 724. The Morgan fingerprint density at radius 2 is 1.68 bits per heavy atom. The fraction of sp³-hybridized carbons (Fsp3) is 0.300. The van der Waals surface area contributed by atoms with Gasteiger partial charge in [0.05, 0.1) is 13.2 Å². The van der Waals surface area contributed by atoms with Crippen LogP contribution in [0.15, 0.2) is 48.5 Å². The predicted octanol–water partition coefficient (Wildman–Crippen LogP) is 3.36. The molecule has 2 aromatic rings. The third kappa shape index (κ3) is 5.16. The van der Waals surface area contributed by atoms with Gasteiger partial charge in [0.2, 0.25) is 5.91 Å². The maximum atomic E-state index is 12.4. The van der Waals surface area contributed by atoms with Gasteiger partial charge in [-0.05, 0) is 62.9 Å². The molecule has 0 aliphatic carbocycles. The molecule has 1 amide bonds. The fourth-order valence-electron chi connectivity index (χ4n) is 2.39. The third-order valence-electron chi connectivity index (χ3n) is 4.19. The van der Waals surface area contributed by atoms with Crippen LogP contribution in [0.25, 0.3) is 0 Å². The van der Waals surface area contributed by atoms with Crippen LogP contribution in [0, 0.1) is 0 Å². The summed E-state index contributed by atoms with van der Waals surface area (Å²) in [6.07, 6.45) is 0. The molecule has 1 atom stereocenters. The zero-order chi connectivity index (χ0) is 18.4. The summed E-state index contributed by atoms with van der Waals surface area (Å²) in [5, 5.41) is 2.88. The van der Waals surface area contributed by atoms with Gasteiger partial charge in [0.1, 0.15) is 5.75 Å². The highest BCUT2D eigenvalue weighted by molar-refractivity contribution is 5.96. The van der Waals surface area contributed by atoms with Crippen molar-refractivity contribution in [2.24, 2.45) is 0 Å². The Balaban J connectivity index is 1.94. The minimum Gasteiger partial charge on any atom is -0.497 e. The number of hydrogen-bond acceptors (Lipinski definition) is 4. The third-order valence-corrected chi connectivity index (χ3v) is 4.19. The van der Waals surface area contributed by atoms with E-state index < -0.39 is 0 Å². The lowest BCUT2D eigenvalue weighted by Gasteiger charge is -2.24. The number of carbonyl (C=O) groups excluding carboxylic acids is 2. The Kier molecular flexibility index (Phi) is 6.31. The number of hydrogen-bond donors (Lipinski definition) is 1. The molecular formula is C20H24N2O3. The largest absolute Gasteiger partial charge is 0.497 e. The zero-order valence-electron chi connectivity index (χ0n) is 15.1. The number of benzene rings is 2. The Morgan fingerprint density at radius 1 is 1.08 bits per heavy atom. The Labute approximate surface area is 148 Å². The lowest BCUT2D eigenvalue weighted by Crippen LogP contribution is -2.39. The molecule has 0 aromatic heterocycles. The van der Waals surface area contributed by atoms with Crippen LogP contribution in [0.3, 0.4) is 0 Å². The van der Waals surface area contributed by atoms with E-state index in [1.807, 2.05) is 43.1 Å². The molecule has 5 nitrogen and oxygen atoms in total. The van der Waals surface area contributed by atoms with Crippen LogP contribution < -0.4 is 10.1 Å². The van der Waals surface area contributed by atoms with Gasteiger partial charge in [0.15, 0.2) is 5.78 Å². The zero-order valence-corrected chi connectivity index (χ0v) is 15.1. The highest BCUT2D eigenvalue weighted by atomic mass is 16.5. The first kappa shape index (κ1) is 18.7. The van der Waals surface area contributed by atoms with E-state index in [0.29, 0.717) is 17.8 Å². The van der Waals surface area contributed by atoms with E-state index in [-0.39, 0.29) is 17.7 Å². The minimum atomic E-state index is -0.297. The van der Waals surface area contributed by atoms with Crippen LogP contribution in [0.4, 0.5) is 5.69 Å². The number of likely N-dealkylation sites (N-methyl/N-ethyl adjacent to an activating group) is 1. The first-order chi connectivity index (χ1) is 11.9. The average Bonchev–Trinajstić information content (AvgIpc) is 2.62. The van der Waals surface area contributed by atoms with Gasteiger partial charge in [0.25, 0.3) is 0 Å². The van der Waals surface area contributed by atoms with Crippen LogP contribution in [0.1, 0.15) is 29.8 Å². The summed E-state index contributed by atoms with van der Waals surface area (Å²) in [5.74, 6) is 0.725. The topological polar surface area (TPSA) is 58.6 Å². The SMILES string of the molecule is COc1ccc(CN(C)[C@H](C)C(=O)Nc2ccc(C(C)=O)cc2)cc1. The molecule has 0 unspecified atom stereocenters. The normalized spacial score (nSPS) is 11.9. The summed E-state index contributed by atoms with van der Waals surface area (Å²) in [4.78, 5) is 25.7. The maximum absolute atomic E-state index is 12.4. The quantitative estimate of drug-likeness (QED) is 0.785. The fourth-order valence-corrected chi connectivity index (χ4v) is 2.39. The first-order valence-electron chi connectivity index (χ1n) is 8.15. The molecule has 1 N–H and O–H groups in total. The summed E-state index contributed by atoms with van der Waals surface area (Å²) >= 11 is 0. The van der Waals surface area contributed by atoms with Crippen LogP contribution in [-0.2, 0) is 11.3 Å². The van der Waals surface area contributed by atoms with Gasteiger partial charge in [-0.1, -0.05) is 12.1 Å². The van der Waals surface area contributed by atoms with Crippen LogP contribution in [-0.4, -0.2) is 36.8 Å². The van der Waals surface area contributed by atoms with Crippen molar-refractivity contribution in [1.82, 2.24) is 4.90 Å². The van der Waals surface area contributed by atoms with Gasteiger partial charge in [-0.25, -0.2) is 0 Å². The number of methoxy groups -OCH3 is 1. The van der Waals surface area contributed by atoms with E-state index >= 15 is 0 Å². The smallest absolute Gasteiger partial charge is 0.241 e. The summed E-state index contributed by atoms with van der Waals surface area (Å²) < 4.78 is 5.15. The van der Waals surface area contributed by atoms with E-state index in [1.165, 1.54) is 6.92 Å². The molecule has 2 aromatic carbocycles. The van der Waals surface area contributed by atoms with Crippen molar-refractivity contribution >= 4 is 17.4 Å². The maximum Gasteiger partial charge on any atom is 0.241 e. The van der Waals surface area contributed by atoms with Crippen molar-refractivity contribution in [3.8, 4) is 5.75 Å². The van der Waals surface area contributed by atoms with Crippen molar-refractivity contribution in [1.29, 1.82) is 0 Å². The number of rotatable bonds is 7. The molecule has 0 saturated carbocycles. The van der Waals surface area contributed by atoms with Crippen molar-refractivity contribution in [3.05, 3.63) is 59.7 Å². The number of nitrogens with one attached hydrogen (secondary N) is 1. The lowest BCUT2D eigenvalue weighted by atomic mass is 10.1. The number of nitrogens with zero attached hydrogens (tertiary/aromatic N) is 1. The molecular weight excluding hydrogens is 316 g/mol. The first-order valence-corrected chi connectivity index (χ1v) is 8.15. The number of carbonyl (C=O) groups is 2. The second-order valence-electron chi connectivity index (χ2n) is 6.06. The van der Waals surface area contributed by atoms with Crippen molar-refractivity contribution in [2.45, 2.75) is 26.4 Å². The molecule has 132 valence electrons. The molecule has 0 aliphatic rings. The van der Waals surface area contributed by atoms with Crippen LogP contribution in [0.2, 0.25) is 0 Å². The highest BCUT2D eigenvalue weighted by Gasteiger charge is 2.18. The summed E-state index contributed by atoms with van der Waals surface area (Å²) in [5.41, 5.74) is 2.41. The second kappa shape index (κ2) is 8.44. The van der Waals surface area contributed by atoms with Crippen molar-refractivity contribution < 1.29 is 14.3 Å². The molecule has 0 heterocycles. The van der Waals surface area contributed by atoms with E-state index in [0.717, 1.165) is 11.3 Å². The number of ketones is 1. The molecule has 5 heteroatoms. The number of ether oxygens (including phenoxy) is 1. The molecule has 0 saturated heterocycles.